The molecule has 0 aliphatic heterocycles. The summed E-state index contributed by atoms with van der Waals surface area (Å²) in [4.78, 5) is 48.4. The molecule has 0 bridgehead atoms. The number of aliphatic hydroxyl groups excluding tert-OH is 1. The normalized spacial score (nSPS) is 14.8. The number of phosphoric ester groups is 1. The predicted molar refractivity (Wildman–Crippen MR) is 315 cm³/mol. The monoisotopic (exact) mass is 1070 g/mol. The fourth-order valence-electron chi connectivity index (χ4n) is 6.27. The molecule has 3 atom stereocenters. The van der Waals surface area contributed by atoms with Crippen LogP contribution in [0.25, 0.3) is 0 Å². The van der Waals surface area contributed by atoms with Gasteiger partial charge in [0, 0.05) is 12.8 Å². The summed E-state index contributed by atoms with van der Waals surface area (Å²) >= 11 is 0. The van der Waals surface area contributed by atoms with E-state index in [-0.39, 0.29) is 19.3 Å². The van der Waals surface area contributed by atoms with Gasteiger partial charge in [0.05, 0.1) is 26.2 Å². The largest absolute Gasteiger partial charge is 0.472 e. The zero-order valence-electron chi connectivity index (χ0n) is 46.4. The topological polar surface area (TPSA) is 155 Å². The number of esters is 3. The molecule has 76 heavy (non-hydrogen) atoms. The molecule has 0 heterocycles. The Morgan fingerprint density at radius 3 is 1.09 bits per heavy atom. The number of ether oxygens (including phenoxy) is 3. The Morgan fingerprint density at radius 2 is 0.711 bits per heavy atom. The first-order valence-corrected chi connectivity index (χ1v) is 29.2. The summed E-state index contributed by atoms with van der Waals surface area (Å²) in [6.07, 6.45) is 76.2. The van der Waals surface area contributed by atoms with E-state index < -0.39 is 64.4 Å². The maximum absolute atomic E-state index is 12.9. The lowest BCUT2D eigenvalue weighted by atomic mass is 10.2. The molecule has 12 heteroatoms. The maximum Gasteiger partial charge on any atom is 0.472 e. The van der Waals surface area contributed by atoms with Crippen molar-refractivity contribution in [1.82, 2.24) is 0 Å². The van der Waals surface area contributed by atoms with Crippen LogP contribution in [0.3, 0.4) is 0 Å². The van der Waals surface area contributed by atoms with E-state index in [0.717, 1.165) is 96.3 Å². The van der Waals surface area contributed by atoms with E-state index in [9.17, 15) is 28.9 Å². The van der Waals surface area contributed by atoms with Crippen molar-refractivity contribution in [3.05, 3.63) is 182 Å². The predicted octanol–water partition coefficient (Wildman–Crippen LogP) is 16.5. The minimum absolute atomic E-state index is 0.0143. The van der Waals surface area contributed by atoms with Crippen LogP contribution in [0.2, 0.25) is 0 Å². The van der Waals surface area contributed by atoms with Gasteiger partial charge in [-0.05, 0) is 122 Å². The molecular formula is C64H95O11P. The van der Waals surface area contributed by atoms with E-state index in [4.69, 9.17) is 23.3 Å². The summed E-state index contributed by atoms with van der Waals surface area (Å²) in [7, 11) is -4.82. The lowest BCUT2D eigenvalue weighted by Gasteiger charge is -2.21. The third-order valence-electron chi connectivity index (χ3n) is 10.4. The Labute approximate surface area is 459 Å². The summed E-state index contributed by atoms with van der Waals surface area (Å²) in [6.45, 7) is 4.01. The Kier molecular flexibility index (Phi) is 51.8. The van der Waals surface area contributed by atoms with Crippen LogP contribution in [-0.4, -0.2) is 66.5 Å². The molecule has 0 fully saturated rings. The summed E-state index contributed by atoms with van der Waals surface area (Å²) in [5.41, 5.74) is 0. The van der Waals surface area contributed by atoms with Gasteiger partial charge < -0.3 is 24.2 Å². The number of phosphoric acid groups is 1. The molecule has 422 valence electrons. The van der Waals surface area contributed by atoms with Crippen molar-refractivity contribution < 1.29 is 52.2 Å². The van der Waals surface area contributed by atoms with Crippen LogP contribution in [0.1, 0.15) is 162 Å². The minimum atomic E-state index is -4.82. The number of hydrogen-bond acceptors (Lipinski definition) is 10. The summed E-state index contributed by atoms with van der Waals surface area (Å²) in [6, 6.07) is 0. The van der Waals surface area contributed by atoms with Crippen molar-refractivity contribution in [3.63, 3.8) is 0 Å². The van der Waals surface area contributed by atoms with Crippen molar-refractivity contribution >= 4 is 25.7 Å². The van der Waals surface area contributed by atoms with Crippen LogP contribution < -0.4 is 0 Å². The molecule has 0 spiro atoms. The Hall–Kier alpha value is -5.42. The lowest BCUT2D eigenvalue weighted by molar-refractivity contribution is -0.161. The van der Waals surface area contributed by atoms with Crippen molar-refractivity contribution in [3.8, 4) is 0 Å². The van der Waals surface area contributed by atoms with Crippen LogP contribution in [0.5, 0.6) is 0 Å². The van der Waals surface area contributed by atoms with Gasteiger partial charge in [0.25, 0.3) is 0 Å². The Bertz CT molecular complexity index is 1970. The minimum Gasteiger partial charge on any atom is -0.462 e. The van der Waals surface area contributed by atoms with Gasteiger partial charge in [-0.3, -0.25) is 23.4 Å². The Morgan fingerprint density at radius 1 is 0.382 bits per heavy atom. The molecular weight excluding hydrogens is 976 g/mol. The first-order chi connectivity index (χ1) is 37.2. The second kappa shape index (κ2) is 55.8. The fraction of sp³-hybridized carbons (Fsp3) is 0.484. The number of hydrogen-bond donors (Lipinski definition) is 2. The van der Waals surface area contributed by atoms with E-state index >= 15 is 0 Å². The molecule has 0 radical (unpaired) electrons. The Balaban J connectivity index is 5.02. The highest BCUT2D eigenvalue weighted by Crippen LogP contribution is 2.43. The van der Waals surface area contributed by atoms with Gasteiger partial charge in [-0.15, -0.1) is 0 Å². The van der Waals surface area contributed by atoms with E-state index in [1.54, 1.807) is 6.08 Å². The molecule has 0 aliphatic carbocycles. The van der Waals surface area contributed by atoms with Gasteiger partial charge in [-0.25, -0.2) is 4.57 Å². The molecule has 0 saturated carbocycles. The van der Waals surface area contributed by atoms with Crippen molar-refractivity contribution in [1.29, 1.82) is 0 Å². The van der Waals surface area contributed by atoms with Crippen molar-refractivity contribution in [2.75, 3.05) is 26.4 Å². The number of allylic oxidation sites excluding steroid dienone is 29. The van der Waals surface area contributed by atoms with Gasteiger partial charge in [-0.1, -0.05) is 203 Å². The summed E-state index contributed by atoms with van der Waals surface area (Å²) in [5, 5.41) is 9.78. The lowest BCUT2D eigenvalue weighted by Crippen LogP contribution is -2.30. The number of aliphatic hydroxyl groups is 1. The first kappa shape index (κ1) is 70.6. The zero-order valence-corrected chi connectivity index (χ0v) is 47.3. The molecule has 0 aromatic rings. The van der Waals surface area contributed by atoms with Gasteiger partial charge in [0.2, 0.25) is 0 Å². The highest BCUT2D eigenvalue weighted by atomic mass is 31.2. The van der Waals surface area contributed by atoms with Crippen LogP contribution in [0.15, 0.2) is 182 Å². The molecule has 0 aliphatic rings. The van der Waals surface area contributed by atoms with Gasteiger partial charge in [-0.2, -0.15) is 0 Å². The number of carbonyl (C=O) groups is 3. The molecule has 11 nitrogen and oxygen atoms in total. The van der Waals surface area contributed by atoms with Crippen molar-refractivity contribution in [2.45, 2.75) is 174 Å². The summed E-state index contributed by atoms with van der Waals surface area (Å²) in [5.74, 6) is -1.79. The maximum atomic E-state index is 12.9. The number of unbranched alkanes of at least 4 members (excludes halogenated alkanes) is 2. The molecule has 0 saturated heterocycles. The second-order valence-electron chi connectivity index (χ2n) is 17.3. The van der Waals surface area contributed by atoms with Crippen LogP contribution >= 0.6 is 7.82 Å². The van der Waals surface area contributed by atoms with Crippen LogP contribution in [-0.2, 0) is 42.2 Å². The van der Waals surface area contributed by atoms with Crippen LogP contribution in [0, 0.1) is 0 Å². The first-order valence-electron chi connectivity index (χ1n) is 27.7. The van der Waals surface area contributed by atoms with E-state index in [0.29, 0.717) is 25.7 Å². The zero-order chi connectivity index (χ0) is 55.5. The van der Waals surface area contributed by atoms with E-state index in [2.05, 4.69) is 167 Å². The molecule has 3 unspecified atom stereocenters. The van der Waals surface area contributed by atoms with Gasteiger partial charge in [0.15, 0.2) is 6.10 Å². The van der Waals surface area contributed by atoms with E-state index in [1.165, 1.54) is 0 Å². The average molecular weight is 1070 g/mol. The third-order valence-corrected chi connectivity index (χ3v) is 11.3. The highest BCUT2D eigenvalue weighted by Gasteiger charge is 2.28. The second-order valence-corrected chi connectivity index (χ2v) is 18.7. The quantitative estimate of drug-likeness (QED) is 0.0197. The van der Waals surface area contributed by atoms with Crippen molar-refractivity contribution in [2.24, 2.45) is 0 Å². The summed E-state index contributed by atoms with van der Waals surface area (Å²) < 4.78 is 39.2. The SMILES string of the molecule is CC/C=C\C/C=C\C/C=C\C/C=C\C/C=C\C/C=C\CCC(=O)OC(COC(=O)CCCC/C=C\C/C=C\C/C=C\C/C=C\CC)COP(=O)(O)OCC(CO)OC(=O)C/C=C\C/C=C\C/C=C\C/C=C\C/C=C\CC. The van der Waals surface area contributed by atoms with Gasteiger partial charge in [0.1, 0.15) is 12.7 Å². The molecule has 0 amide bonds. The highest BCUT2D eigenvalue weighted by molar-refractivity contribution is 7.47. The average Bonchev–Trinajstić information content (AvgIpc) is 3.41. The smallest absolute Gasteiger partial charge is 0.462 e. The molecule has 0 aromatic heterocycles. The molecule has 0 rings (SSSR count). The number of carbonyl (C=O) groups excluding carboxylic acids is 3. The molecule has 0 aromatic carbocycles. The standard InChI is InChI=1S/C64H95O11P/c1-4-7-10-13-16-19-22-25-28-29-30-31-34-37-40-43-46-49-52-55-64(68)75-61(57-71-62(66)53-50-47-44-41-38-35-32-26-23-20-17-14-11-8-5-2)59-73-76(69,70)72-58-60(56-65)74-63(67)54-51-48-45-42-39-36-33-27-24-21-18-15-12-9-6-3/h7-12,16-21,25-28,30-33,37-42,46,48-49,51,60-61,65H,4-6,13-15,22-24,29,34-36,43-45,47,50,52-59H2,1-3H3,(H,69,70)/b10-7-,11-8-,12-9-,19-16-,20-17-,21-18-,28-25-,31-30-,32-26-,33-27-,40-37-,41-38-,42-39-,49-46-,51-48-. The fourth-order valence-corrected chi connectivity index (χ4v) is 7.05. The van der Waals surface area contributed by atoms with Gasteiger partial charge >= 0.3 is 25.7 Å². The van der Waals surface area contributed by atoms with Crippen LogP contribution in [0.4, 0.5) is 0 Å². The third kappa shape index (κ3) is 53.4. The molecule has 2 N–H and O–H groups in total. The number of rotatable bonds is 48. The van der Waals surface area contributed by atoms with E-state index in [1.807, 2.05) is 30.4 Å².